The van der Waals surface area contributed by atoms with Crippen LogP contribution in [0.3, 0.4) is 0 Å². The zero-order chi connectivity index (χ0) is 46.8. The SMILES string of the molecule is CC(=O)Nc1cccc(Nc2ncc(C(N)=O)c(NCC3CCCN(C(=O)OCc4ccccc4)C3)n2)c1.CC(=O)Nc1cccc(Nc2ncc(C(N)=O)c(NCC3CCCNC3)n2)c1.[CH3-].[HH].[Pd]. The van der Waals surface area contributed by atoms with Crippen LogP contribution in [0.15, 0.2) is 91.3 Å². The fraction of sp³-hybridized carbons (Fsp3) is 0.319. The number of anilines is 8. The van der Waals surface area contributed by atoms with E-state index >= 15 is 0 Å². The number of carbonyl (C=O) groups is 5. The summed E-state index contributed by atoms with van der Waals surface area (Å²) in [6, 6.07) is 23.8. The standard InChI is InChI=1S/C27H31N7O4.C19H25N7O2.CH3.Pd.H2/c1-18(35)31-21-10-5-11-22(13-21)32-26-30-15-23(24(28)36)25(33-26)29-14-20-9-6-12-34(16-20)27(37)38-17-19-7-3-2-4-8-19;1-12(27)24-14-5-2-6-15(8-14)25-19-23-11-16(17(20)28)18(26-19)22-10-13-4-3-7-21-9-13;;;/h2-5,7-8,10-11,13,15,20H,6,9,12,14,16-17H2,1H3,(H2,28,36)(H,31,35)(H2,29,30,32,33);2,5-6,8,11,13,21H,3-4,7,9-10H2,1H3,(H2,20,28)(H,24,27)(H2,22,23,25,26);1H3;;1H/q;;-1;;. The Labute approximate surface area is 411 Å². The molecule has 4 heterocycles. The largest absolute Gasteiger partial charge is 0.445 e. The summed E-state index contributed by atoms with van der Waals surface area (Å²) in [4.78, 5) is 77.8. The van der Waals surface area contributed by atoms with Gasteiger partial charge in [-0.2, -0.15) is 9.97 Å². The van der Waals surface area contributed by atoms with Crippen LogP contribution in [0.25, 0.3) is 0 Å². The van der Waals surface area contributed by atoms with Gasteiger partial charge in [0.05, 0.1) is 11.1 Å². The van der Waals surface area contributed by atoms with Gasteiger partial charge in [0.25, 0.3) is 11.8 Å². The molecule has 21 heteroatoms. The molecule has 366 valence electrons. The molecule has 2 saturated heterocycles. The molecule has 2 atom stereocenters. The van der Waals surface area contributed by atoms with Gasteiger partial charge in [0.2, 0.25) is 23.7 Å². The Morgan fingerprint density at radius 3 is 1.74 bits per heavy atom. The number of piperidine rings is 2. The van der Waals surface area contributed by atoms with Crippen molar-refractivity contribution in [1.82, 2.24) is 30.2 Å². The van der Waals surface area contributed by atoms with Gasteiger partial charge in [-0.1, -0.05) is 42.5 Å². The fourth-order valence-corrected chi connectivity index (χ4v) is 7.32. The number of nitrogens with two attached hydrogens (primary N) is 2. The summed E-state index contributed by atoms with van der Waals surface area (Å²) in [7, 11) is 0. The monoisotopic (exact) mass is 1020 g/mol. The van der Waals surface area contributed by atoms with Gasteiger partial charge in [-0.25, -0.2) is 14.8 Å². The summed E-state index contributed by atoms with van der Waals surface area (Å²) in [6.45, 7) is 7.43. The summed E-state index contributed by atoms with van der Waals surface area (Å²) in [6.07, 6.45) is 6.45. The van der Waals surface area contributed by atoms with E-state index < -0.39 is 11.8 Å². The molecule has 2 unspecified atom stereocenters. The Morgan fingerprint density at radius 1 is 0.721 bits per heavy atom. The maximum absolute atomic E-state index is 12.6. The topological polar surface area (TPSA) is 286 Å². The van der Waals surface area contributed by atoms with Gasteiger partial charge >= 0.3 is 6.09 Å². The van der Waals surface area contributed by atoms with Crippen molar-refractivity contribution in [3.8, 4) is 0 Å². The van der Waals surface area contributed by atoms with Crippen molar-refractivity contribution in [2.45, 2.75) is 46.1 Å². The van der Waals surface area contributed by atoms with Gasteiger partial charge in [0.15, 0.2) is 0 Å². The fourth-order valence-electron chi connectivity index (χ4n) is 7.32. The van der Waals surface area contributed by atoms with Crippen LogP contribution in [-0.4, -0.2) is 93.8 Å². The van der Waals surface area contributed by atoms with Crippen LogP contribution in [0.1, 0.15) is 67.2 Å². The molecule has 20 nitrogen and oxygen atoms in total. The molecule has 7 rings (SSSR count). The summed E-state index contributed by atoms with van der Waals surface area (Å²) in [5.41, 5.74) is 15.0. The second-order valence-corrected chi connectivity index (χ2v) is 15.9. The van der Waals surface area contributed by atoms with Crippen LogP contribution in [0.5, 0.6) is 0 Å². The van der Waals surface area contributed by atoms with Crippen molar-refractivity contribution in [3.63, 3.8) is 0 Å². The van der Waals surface area contributed by atoms with E-state index in [0.29, 0.717) is 72.4 Å². The molecule has 68 heavy (non-hydrogen) atoms. The number of hydrogen-bond donors (Lipinski definition) is 9. The van der Waals surface area contributed by atoms with Gasteiger partial charge in [0, 0.05) is 97.0 Å². The molecule has 2 aliphatic heterocycles. The third kappa shape index (κ3) is 16.9. The molecule has 11 N–H and O–H groups in total. The molecule has 2 aromatic heterocycles. The first-order valence-electron chi connectivity index (χ1n) is 21.7. The molecule has 2 fully saturated rings. The van der Waals surface area contributed by atoms with Crippen LogP contribution in [0.2, 0.25) is 0 Å². The van der Waals surface area contributed by atoms with Gasteiger partial charge in [-0.3, -0.25) is 19.2 Å². The minimum atomic E-state index is -0.651. The van der Waals surface area contributed by atoms with E-state index in [9.17, 15) is 24.0 Å². The number of carbonyl (C=O) groups excluding carboxylic acids is 5. The molecule has 5 aromatic rings. The number of ether oxygens (including phenoxy) is 1. The van der Waals surface area contributed by atoms with E-state index in [1.807, 2.05) is 36.4 Å². The zero-order valence-corrected chi connectivity index (χ0v) is 39.8. The van der Waals surface area contributed by atoms with Gasteiger partial charge in [-0.15, -0.1) is 0 Å². The average Bonchev–Trinajstić information content (AvgIpc) is 3.30. The number of aromatic nitrogens is 4. The normalized spacial score (nSPS) is 15.0. The minimum absolute atomic E-state index is 0. The van der Waals surface area contributed by atoms with Crippen LogP contribution in [0.4, 0.5) is 51.1 Å². The first kappa shape index (κ1) is 53.4. The molecule has 3 aromatic carbocycles. The molecule has 2 aliphatic rings. The van der Waals surface area contributed by atoms with Crippen molar-refractivity contribution >= 4 is 76.0 Å². The van der Waals surface area contributed by atoms with Crippen LogP contribution in [-0.2, 0) is 41.4 Å². The van der Waals surface area contributed by atoms with E-state index in [-0.39, 0.29) is 76.8 Å². The average molecular weight is 1020 g/mol. The van der Waals surface area contributed by atoms with Gasteiger partial charge < -0.3 is 65.7 Å². The summed E-state index contributed by atoms with van der Waals surface area (Å²) < 4.78 is 5.48. The Balaban J connectivity index is 0.000000365. The first-order valence-corrected chi connectivity index (χ1v) is 21.7. The third-order valence-corrected chi connectivity index (χ3v) is 10.5. The maximum Gasteiger partial charge on any atom is 0.410 e. The van der Waals surface area contributed by atoms with Crippen LogP contribution in [0, 0.1) is 19.3 Å². The van der Waals surface area contributed by atoms with Gasteiger partial charge in [-0.05, 0) is 92.6 Å². The smallest absolute Gasteiger partial charge is 0.410 e. The van der Waals surface area contributed by atoms with E-state index in [4.69, 9.17) is 16.2 Å². The zero-order valence-electron chi connectivity index (χ0n) is 38.2. The Bertz CT molecular complexity index is 2480. The van der Waals surface area contributed by atoms with Crippen molar-refractivity contribution in [2.75, 3.05) is 71.2 Å². The minimum Gasteiger partial charge on any atom is -0.445 e. The molecule has 0 saturated carbocycles. The van der Waals surface area contributed by atoms with Crippen molar-refractivity contribution in [2.24, 2.45) is 23.3 Å². The van der Waals surface area contributed by atoms with Crippen molar-refractivity contribution in [1.29, 1.82) is 0 Å². The maximum atomic E-state index is 12.6. The second kappa shape index (κ2) is 26.8. The summed E-state index contributed by atoms with van der Waals surface area (Å²) in [5, 5.41) is 21.4. The predicted molar refractivity (Wildman–Crippen MR) is 261 cm³/mol. The van der Waals surface area contributed by atoms with Crippen LogP contribution < -0.4 is 48.7 Å². The number of nitrogens with one attached hydrogen (secondary N) is 7. The molecule has 0 spiro atoms. The van der Waals surface area contributed by atoms with E-state index in [1.165, 1.54) is 26.2 Å². The van der Waals surface area contributed by atoms with E-state index in [2.05, 4.69) is 57.2 Å². The number of benzene rings is 3. The predicted octanol–water partition coefficient (Wildman–Crippen LogP) is 6.12. The number of likely N-dealkylation sites (tertiary alicyclic amines) is 1. The van der Waals surface area contributed by atoms with Crippen LogP contribution >= 0.6 is 0 Å². The van der Waals surface area contributed by atoms with Crippen molar-refractivity contribution < 1.29 is 50.6 Å². The number of rotatable bonds is 16. The quantitative estimate of drug-likeness (QED) is 0.0398. The van der Waals surface area contributed by atoms with E-state index in [1.54, 1.807) is 47.4 Å². The molecule has 5 amide bonds. The first-order chi connectivity index (χ1) is 31.9. The van der Waals surface area contributed by atoms with Crippen molar-refractivity contribution in [3.05, 3.63) is 115 Å². The number of primary amides is 2. The molecular weight excluding hydrogens is 963 g/mol. The molecular formula is C47H61N14O6Pd-. The summed E-state index contributed by atoms with van der Waals surface area (Å²) in [5.74, 6) is 0.339. The van der Waals surface area contributed by atoms with Gasteiger partial charge in [0.1, 0.15) is 18.2 Å². The second-order valence-electron chi connectivity index (χ2n) is 15.9. The Morgan fingerprint density at radius 2 is 1.24 bits per heavy atom. The molecule has 0 radical (unpaired) electrons. The van der Waals surface area contributed by atoms with E-state index in [0.717, 1.165) is 44.3 Å². The Hall–Kier alpha value is -7.21. The number of hydrogen-bond acceptors (Lipinski definition) is 15. The molecule has 0 aliphatic carbocycles. The number of amides is 5. The summed E-state index contributed by atoms with van der Waals surface area (Å²) >= 11 is 0. The third-order valence-electron chi connectivity index (χ3n) is 10.5. The Kier molecular flexibility index (Phi) is 21.1. The molecule has 0 bridgehead atoms. The number of nitrogens with zero attached hydrogens (tertiary/aromatic N) is 5.